The van der Waals surface area contributed by atoms with Crippen molar-refractivity contribution in [1.29, 1.82) is 0 Å². The Bertz CT molecular complexity index is 602. The first-order valence-corrected chi connectivity index (χ1v) is 9.60. The number of carboxylic acid groups (broad SMARTS) is 1. The Labute approximate surface area is 138 Å². The van der Waals surface area contributed by atoms with E-state index in [9.17, 15) is 15.0 Å². The van der Waals surface area contributed by atoms with E-state index in [2.05, 4.69) is 13.8 Å². The lowest BCUT2D eigenvalue weighted by Gasteiger charge is -2.66. The molecule has 3 nitrogen and oxygen atoms in total. The molecule has 6 aliphatic carbocycles. The van der Waals surface area contributed by atoms with Gasteiger partial charge in [-0.3, -0.25) is 4.79 Å². The fourth-order valence-corrected chi connectivity index (χ4v) is 8.78. The maximum Gasteiger partial charge on any atom is 0.309 e. The Hall–Kier alpha value is -0.570. The van der Waals surface area contributed by atoms with Crippen LogP contribution in [0.25, 0.3) is 0 Å². The molecule has 4 bridgehead atoms. The van der Waals surface area contributed by atoms with E-state index in [0.29, 0.717) is 29.6 Å². The van der Waals surface area contributed by atoms with Gasteiger partial charge in [-0.25, -0.2) is 0 Å². The van der Waals surface area contributed by atoms with Gasteiger partial charge in [0.15, 0.2) is 0 Å². The molecule has 0 aromatic carbocycles. The highest BCUT2D eigenvalue weighted by Gasteiger charge is 2.79. The van der Waals surface area contributed by atoms with Crippen molar-refractivity contribution in [2.45, 2.75) is 71.8 Å². The zero-order valence-corrected chi connectivity index (χ0v) is 14.6. The van der Waals surface area contributed by atoms with Crippen LogP contribution in [0, 0.1) is 45.3 Å². The third kappa shape index (κ3) is 1.38. The quantitative estimate of drug-likeness (QED) is 0.775. The molecule has 6 fully saturated rings. The third-order valence-electron chi connectivity index (χ3n) is 10.0. The van der Waals surface area contributed by atoms with E-state index in [-0.39, 0.29) is 17.4 Å². The summed E-state index contributed by atoms with van der Waals surface area (Å²) in [5.41, 5.74) is 0.161. The molecule has 1 spiro atoms. The molecule has 2 N–H and O–H groups in total. The van der Waals surface area contributed by atoms with Gasteiger partial charge < -0.3 is 10.2 Å². The number of aliphatic hydroxyl groups excluding tert-OH is 1. The lowest BCUT2D eigenvalue weighted by atomic mass is 9.39. The summed E-state index contributed by atoms with van der Waals surface area (Å²) in [6.45, 7) is 6.70. The van der Waals surface area contributed by atoms with Crippen molar-refractivity contribution in [2.24, 2.45) is 45.3 Å². The summed E-state index contributed by atoms with van der Waals surface area (Å²) in [5, 5.41) is 20.9. The van der Waals surface area contributed by atoms with Crippen LogP contribution in [-0.2, 0) is 4.79 Å². The topological polar surface area (TPSA) is 57.5 Å². The van der Waals surface area contributed by atoms with Crippen LogP contribution in [0.15, 0.2) is 0 Å². The predicted molar refractivity (Wildman–Crippen MR) is 86.7 cm³/mol. The summed E-state index contributed by atoms with van der Waals surface area (Å²) in [6.07, 6.45) is 7.13. The van der Waals surface area contributed by atoms with Crippen LogP contribution in [0.4, 0.5) is 0 Å². The molecule has 6 aliphatic rings. The highest BCUT2D eigenvalue weighted by Crippen LogP contribution is 2.85. The number of carboxylic acids is 1. The first-order chi connectivity index (χ1) is 10.7. The van der Waals surface area contributed by atoms with Crippen LogP contribution in [0.3, 0.4) is 0 Å². The second-order valence-electron chi connectivity index (χ2n) is 10.5. The number of carbonyl (C=O) groups is 1. The largest absolute Gasteiger partial charge is 0.481 e. The molecule has 0 radical (unpaired) electrons. The van der Waals surface area contributed by atoms with Crippen LogP contribution < -0.4 is 0 Å². The zero-order valence-electron chi connectivity index (χ0n) is 14.6. The average Bonchev–Trinajstić information content (AvgIpc) is 2.94. The number of hydrogen-bond donors (Lipinski definition) is 2. The van der Waals surface area contributed by atoms with Gasteiger partial charge in [0.25, 0.3) is 0 Å². The fourth-order valence-electron chi connectivity index (χ4n) is 8.78. The van der Waals surface area contributed by atoms with E-state index >= 15 is 0 Å². The van der Waals surface area contributed by atoms with Gasteiger partial charge in [0.2, 0.25) is 0 Å². The minimum absolute atomic E-state index is 0.133. The Balaban J connectivity index is 1.59. The predicted octanol–water partition coefficient (Wildman–Crippen LogP) is 3.70. The van der Waals surface area contributed by atoms with Crippen molar-refractivity contribution < 1.29 is 15.0 Å². The molecule has 3 heteroatoms. The van der Waals surface area contributed by atoms with Gasteiger partial charge in [0.05, 0.1) is 11.5 Å². The molecule has 9 atom stereocenters. The lowest BCUT2D eigenvalue weighted by Crippen LogP contribution is -2.64. The lowest BCUT2D eigenvalue weighted by molar-refractivity contribution is -0.219. The molecule has 6 rings (SSSR count). The molecule has 6 saturated carbocycles. The second kappa shape index (κ2) is 3.81. The Morgan fingerprint density at radius 1 is 1.04 bits per heavy atom. The standard InChI is InChI=1S/C20H30O3/c1-17(16(22)23)6-5-15(21)19(3)13(17)4-7-20-9-12-11(8-14(19)20)18(12,2)10-20/h11-15,21H,4-10H2,1-3H3,(H,22,23)/t11-,12?,13-,14+,15+,17+,18-,19-,20+/m1/s1. The summed E-state index contributed by atoms with van der Waals surface area (Å²) in [7, 11) is 0. The smallest absolute Gasteiger partial charge is 0.309 e. The summed E-state index contributed by atoms with van der Waals surface area (Å²) in [4.78, 5) is 12.1. The highest BCUT2D eigenvalue weighted by atomic mass is 16.4. The van der Waals surface area contributed by atoms with E-state index in [1.807, 2.05) is 6.92 Å². The summed E-state index contributed by atoms with van der Waals surface area (Å²) < 4.78 is 0. The van der Waals surface area contributed by atoms with E-state index < -0.39 is 11.4 Å². The van der Waals surface area contributed by atoms with Gasteiger partial charge in [-0.05, 0) is 86.4 Å². The van der Waals surface area contributed by atoms with Gasteiger partial charge in [0.1, 0.15) is 0 Å². The Morgan fingerprint density at radius 2 is 1.78 bits per heavy atom. The zero-order chi connectivity index (χ0) is 16.4. The Kier molecular flexibility index (Phi) is 2.45. The number of fused-ring (bicyclic) bond motifs is 1. The number of rotatable bonds is 1. The summed E-state index contributed by atoms with van der Waals surface area (Å²) in [5.74, 6) is 1.82. The molecule has 1 unspecified atom stereocenters. The van der Waals surface area contributed by atoms with Gasteiger partial charge in [0, 0.05) is 5.41 Å². The SMILES string of the molecule is C[C@]12[C@@H]3C[C@@H]4C5C[C@@]3(CC[C@@H]1[C@@](C)(C(=O)O)CC[C@@H]2O)C[C@@]54C. The molecular weight excluding hydrogens is 288 g/mol. The highest BCUT2D eigenvalue weighted by molar-refractivity contribution is 5.75. The molecule has 0 amide bonds. The van der Waals surface area contributed by atoms with E-state index in [1.54, 1.807) is 0 Å². The number of hydrogen-bond acceptors (Lipinski definition) is 2. The van der Waals surface area contributed by atoms with Crippen molar-refractivity contribution in [3.8, 4) is 0 Å². The number of aliphatic hydroxyl groups is 1. The molecule has 0 aromatic heterocycles. The minimum atomic E-state index is -0.650. The maximum atomic E-state index is 12.1. The van der Waals surface area contributed by atoms with Crippen LogP contribution in [0.1, 0.15) is 65.7 Å². The van der Waals surface area contributed by atoms with Gasteiger partial charge in [-0.1, -0.05) is 13.8 Å². The minimum Gasteiger partial charge on any atom is -0.481 e. The van der Waals surface area contributed by atoms with Gasteiger partial charge in [-0.2, -0.15) is 0 Å². The first-order valence-electron chi connectivity index (χ1n) is 9.60. The van der Waals surface area contributed by atoms with Crippen LogP contribution in [-0.4, -0.2) is 22.3 Å². The van der Waals surface area contributed by atoms with Crippen molar-refractivity contribution in [3.63, 3.8) is 0 Å². The summed E-state index contributed by atoms with van der Waals surface area (Å²) in [6, 6.07) is 0. The normalized spacial score (nSPS) is 65.7. The van der Waals surface area contributed by atoms with E-state index in [0.717, 1.165) is 18.3 Å². The molecule has 0 saturated heterocycles. The molecule has 128 valence electrons. The van der Waals surface area contributed by atoms with Gasteiger partial charge in [-0.15, -0.1) is 0 Å². The first kappa shape index (κ1) is 14.7. The van der Waals surface area contributed by atoms with Gasteiger partial charge >= 0.3 is 5.97 Å². The molecule has 23 heavy (non-hydrogen) atoms. The molecule has 0 aromatic rings. The van der Waals surface area contributed by atoms with E-state index in [1.165, 1.54) is 25.7 Å². The summed E-state index contributed by atoms with van der Waals surface area (Å²) >= 11 is 0. The number of aliphatic carboxylic acids is 1. The molecule has 0 aliphatic heterocycles. The van der Waals surface area contributed by atoms with Crippen molar-refractivity contribution >= 4 is 5.97 Å². The molecular formula is C20H30O3. The van der Waals surface area contributed by atoms with Crippen molar-refractivity contribution in [3.05, 3.63) is 0 Å². The Morgan fingerprint density at radius 3 is 2.39 bits per heavy atom. The van der Waals surface area contributed by atoms with Crippen molar-refractivity contribution in [1.82, 2.24) is 0 Å². The maximum absolute atomic E-state index is 12.1. The van der Waals surface area contributed by atoms with Crippen LogP contribution in [0.5, 0.6) is 0 Å². The molecule has 0 heterocycles. The second-order valence-corrected chi connectivity index (χ2v) is 10.5. The van der Waals surface area contributed by atoms with E-state index in [4.69, 9.17) is 0 Å². The van der Waals surface area contributed by atoms with Crippen LogP contribution in [0.2, 0.25) is 0 Å². The monoisotopic (exact) mass is 318 g/mol. The van der Waals surface area contributed by atoms with Crippen LogP contribution >= 0.6 is 0 Å². The fraction of sp³-hybridized carbons (Fsp3) is 0.950. The average molecular weight is 318 g/mol. The van der Waals surface area contributed by atoms with Crippen molar-refractivity contribution in [2.75, 3.05) is 0 Å². The third-order valence-corrected chi connectivity index (χ3v) is 10.0.